The molecule has 9 heteroatoms. The van der Waals surface area contributed by atoms with Crippen LogP contribution in [-0.4, -0.2) is 41.0 Å². The third kappa shape index (κ3) is 3.64. The lowest BCUT2D eigenvalue weighted by atomic mass is 9.91. The van der Waals surface area contributed by atoms with E-state index in [1.165, 1.54) is 36.0 Å². The maximum atomic E-state index is 13.3. The second kappa shape index (κ2) is 6.91. The lowest BCUT2D eigenvalue weighted by Gasteiger charge is -2.26. The largest absolute Gasteiger partial charge is 0.573 e. The summed E-state index contributed by atoms with van der Waals surface area (Å²) >= 11 is 1.36. The van der Waals surface area contributed by atoms with E-state index >= 15 is 0 Å². The summed E-state index contributed by atoms with van der Waals surface area (Å²) in [6, 6.07) is 12.8. The van der Waals surface area contributed by atoms with E-state index in [2.05, 4.69) is 4.74 Å². The third-order valence-corrected chi connectivity index (χ3v) is 7.39. The molecule has 1 spiro atoms. The quantitative estimate of drug-likeness (QED) is 0.643. The molecule has 2 aromatic carbocycles. The van der Waals surface area contributed by atoms with Crippen LogP contribution in [0.25, 0.3) is 0 Å². The fraction of sp³-hybridized carbons (Fsp3) is 0.364. The van der Waals surface area contributed by atoms with Crippen LogP contribution in [0.5, 0.6) is 5.75 Å². The molecule has 31 heavy (non-hydrogen) atoms. The van der Waals surface area contributed by atoms with Crippen molar-refractivity contribution < 1.29 is 32.2 Å². The predicted molar refractivity (Wildman–Crippen MR) is 106 cm³/mol. The van der Waals surface area contributed by atoms with Gasteiger partial charge in [0.1, 0.15) is 5.75 Å². The Bertz CT molecular complexity index is 1050. The molecule has 2 fully saturated rings. The van der Waals surface area contributed by atoms with Crippen molar-refractivity contribution in [3.8, 4) is 5.75 Å². The van der Waals surface area contributed by atoms with Gasteiger partial charge in [0.25, 0.3) is 0 Å². The lowest BCUT2D eigenvalue weighted by Crippen LogP contribution is -2.40. The van der Waals surface area contributed by atoms with Crippen LogP contribution >= 0.6 is 11.8 Å². The van der Waals surface area contributed by atoms with Crippen molar-refractivity contribution in [3.63, 3.8) is 0 Å². The Balaban J connectivity index is 1.29. The van der Waals surface area contributed by atoms with E-state index in [-0.39, 0.29) is 17.6 Å². The number of amides is 1. The first-order valence-electron chi connectivity index (χ1n) is 9.87. The van der Waals surface area contributed by atoms with Gasteiger partial charge in [0, 0.05) is 23.4 Å². The van der Waals surface area contributed by atoms with Gasteiger partial charge in [-0.2, -0.15) is 0 Å². The van der Waals surface area contributed by atoms with Crippen LogP contribution in [0.2, 0.25) is 0 Å². The molecule has 2 aliphatic heterocycles. The van der Waals surface area contributed by atoms with E-state index in [9.17, 15) is 22.8 Å². The molecule has 3 aliphatic rings. The Morgan fingerprint density at radius 3 is 2.45 bits per heavy atom. The van der Waals surface area contributed by atoms with Crippen molar-refractivity contribution in [2.24, 2.45) is 0 Å². The van der Waals surface area contributed by atoms with Gasteiger partial charge in [-0.25, -0.2) is 4.79 Å². The zero-order valence-electron chi connectivity index (χ0n) is 16.3. The zero-order chi connectivity index (χ0) is 21.9. The summed E-state index contributed by atoms with van der Waals surface area (Å²) in [5.74, 6) is -0.678. The third-order valence-electron chi connectivity index (χ3n) is 5.91. The minimum atomic E-state index is -4.74. The van der Waals surface area contributed by atoms with Crippen molar-refractivity contribution >= 4 is 23.6 Å². The fourth-order valence-corrected chi connectivity index (χ4v) is 5.55. The molecule has 162 valence electrons. The minimum Gasteiger partial charge on any atom is -0.449 e. The summed E-state index contributed by atoms with van der Waals surface area (Å²) in [4.78, 5) is 28.0. The predicted octanol–water partition coefficient (Wildman–Crippen LogP) is 4.51. The second-order valence-electron chi connectivity index (χ2n) is 8.02. The number of nitrogens with zero attached hydrogens (tertiary/aromatic N) is 1. The van der Waals surface area contributed by atoms with Crippen LogP contribution in [0, 0.1) is 0 Å². The number of carbonyl (C=O) groups excluding carboxylic acids is 2. The minimum absolute atomic E-state index is 0.0228. The molecule has 1 amide bonds. The Labute approximate surface area is 180 Å². The molecule has 1 saturated heterocycles. The zero-order valence-corrected chi connectivity index (χ0v) is 17.1. The van der Waals surface area contributed by atoms with Crippen LogP contribution in [0.15, 0.2) is 53.4 Å². The first kappa shape index (κ1) is 20.2. The van der Waals surface area contributed by atoms with Gasteiger partial charge < -0.3 is 14.4 Å². The molecule has 5 rings (SSSR count). The van der Waals surface area contributed by atoms with E-state index in [0.29, 0.717) is 42.8 Å². The first-order valence-corrected chi connectivity index (χ1v) is 10.7. The summed E-state index contributed by atoms with van der Waals surface area (Å²) in [5.41, 5.74) is 0.585. The van der Waals surface area contributed by atoms with Crippen molar-refractivity contribution in [2.45, 2.75) is 40.9 Å². The van der Waals surface area contributed by atoms with Gasteiger partial charge in [0.15, 0.2) is 5.60 Å². The number of esters is 1. The van der Waals surface area contributed by atoms with Gasteiger partial charge >= 0.3 is 12.3 Å². The lowest BCUT2D eigenvalue weighted by molar-refractivity contribution is -0.274. The SMILES string of the molecule is O=C1OC2(CCN(C(=O)C3(Sc4ccc(OC(F)(F)F)cc4)CC3)C2)c2ccccc21. The summed E-state index contributed by atoms with van der Waals surface area (Å²) in [6.07, 6.45) is -2.81. The number of thioether (sulfide) groups is 1. The topological polar surface area (TPSA) is 55.8 Å². The normalized spacial score (nSPS) is 23.6. The highest BCUT2D eigenvalue weighted by Gasteiger charge is 2.57. The van der Waals surface area contributed by atoms with Gasteiger partial charge in [0.2, 0.25) is 5.91 Å². The number of likely N-dealkylation sites (tertiary alicyclic amines) is 1. The summed E-state index contributed by atoms with van der Waals surface area (Å²) in [6.45, 7) is 0.802. The average molecular weight is 449 g/mol. The monoisotopic (exact) mass is 449 g/mol. The van der Waals surface area contributed by atoms with Crippen molar-refractivity contribution in [1.82, 2.24) is 4.90 Å². The molecule has 2 aromatic rings. The van der Waals surface area contributed by atoms with E-state index in [1.54, 1.807) is 17.0 Å². The smallest absolute Gasteiger partial charge is 0.449 e. The standard InChI is InChI=1S/C22H18F3NO4S/c23-22(24,25)29-14-5-7-15(8-6-14)31-21(9-10-21)19(28)26-12-11-20(13-26)17-4-2-1-3-16(17)18(27)30-20/h1-8H,9-13H2. The molecule has 0 radical (unpaired) electrons. The number of ether oxygens (including phenoxy) is 2. The summed E-state index contributed by atoms with van der Waals surface area (Å²) < 4.78 is 46.0. The molecule has 5 nitrogen and oxygen atoms in total. The van der Waals surface area contributed by atoms with Crippen LogP contribution in [0.1, 0.15) is 35.2 Å². The molecule has 1 saturated carbocycles. The van der Waals surface area contributed by atoms with Crippen LogP contribution in [0.4, 0.5) is 13.2 Å². The number of fused-ring (bicyclic) bond motifs is 2. The second-order valence-corrected chi connectivity index (χ2v) is 9.48. The van der Waals surface area contributed by atoms with Gasteiger partial charge in [-0.3, -0.25) is 4.79 Å². The Morgan fingerprint density at radius 2 is 1.77 bits per heavy atom. The number of carbonyl (C=O) groups is 2. The van der Waals surface area contributed by atoms with Crippen molar-refractivity contribution in [2.75, 3.05) is 13.1 Å². The van der Waals surface area contributed by atoms with Gasteiger partial charge in [-0.1, -0.05) is 18.2 Å². The Hall–Kier alpha value is -2.68. The van der Waals surface area contributed by atoms with Gasteiger partial charge in [0.05, 0.1) is 16.9 Å². The molecule has 0 bridgehead atoms. The van der Waals surface area contributed by atoms with Crippen LogP contribution in [-0.2, 0) is 15.1 Å². The van der Waals surface area contributed by atoms with E-state index in [4.69, 9.17) is 4.74 Å². The maximum Gasteiger partial charge on any atom is 0.573 e. The highest BCUT2D eigenvalue weighted by Crippen LogP contribution is 2.54. The molecular formula is C22H18F3NO4S. The molecule has 1 unspecified atom stereocenters. The first-order chi connectivity index (χ1) is 14.7. The Morgan fingerprint density at radius 1 is 1.06 bits per heavy atom. The molecule has 0 aromatic heterocycles. The van der Waals surface area contributed by atoms with E-state index < -0.39 is 16.7 Å². The molecule has 1 aliphatic carbocycles. The summed E-state index contributed by atoms with van der Waals surface area (Å²) in [5, 5.41) is 0. The summed E-state index contributed by atoms with van der Waals surface area (Å²) in [7, 11) is 0. The number of hydrogen-bond acceptors (Lipinski definition) is 5. The Kier molecular flexibility index (Phi) is 4.51. The number of benzene rings is 2. The maximum absolute atomic E-state index is 13.3. The average Bonchev–Trinajstić information content (AvgIpc) is 3.30. The number of alkyl halides is 3. The number of halogens is 3. The van der Waals surface area contributed by atoms with Crippen molar-refractivity contribution in [3.05, 3.63) is 59.7 Å². The van der Waals surface area contributed by atoms with Crippen LogP contribution < -0.4 is 4.74 Å². The highest BCUT2D eigenvalue weighted by atomic mass is 32.2. The molecule has 1 atom stereocenters. The van der Waals surface area contributed by atoms with Crippen molar-refractivity contribution in [1.29, 1.82) is 0 Å². The molecule has 0 N–H and O–H groups in total. The van der Waals surface area contributed by atoms with Gasteiger partial charge in [-0.15, -0.1) is 24.9 Å². The van der Waals surface area contributed by atoms with E-state index in [0.717, 1.165) is 5.56 Å². The number of hydrogen-bond donors (Lipinski definition) is 0. The van der Waals surface area contributed by atoms with Crippen LogP contribution in [0.3, 0.4) is 0 Å². The number of rotatable bonds is 4. The fourth-order valence-electron chi connectivity index (χ4n) is 4.30. The van der Waals surface area contributed by atoms with E-state index in [1.807, 2.05) is 12.1 Å². The highest BCUT2D eigenvalue weighted by molar-refractivity contribution is 8.01. The molecular weight excluding hydrogens is 431 g/mol. The van der Waals surface area contributed by atoms with Gasteiger partial charge in [-0.05, 0) is 43.2 Å². The molecule has 2 heterocycles.